The van der Waals surface area contributed by atoms with Crippen LogP contribution < -0.4 is 0 Å². The highest BCUT2D eigenvalue weighted by molar-refractivity contribution is 7.91. The molecule has 0 atom stereocenters. The number of hydrogen-bond donors (Lipinski definition) is 0. The first kappa shape index (κ1) is 14.0. The summed E-state index contributed by atoms with van der Waals surface area (Å²) in [6, 6.07) is 3.39. The summed E-state index contributed by atoms with van der Waals surface area (Å²) in [5.41, 5.74) is 0. The van der Waals surface area contributed by atoms with Crippen LogP contribution in [0.15, 0.2) is 28.7 Å². The van der Waals surface area contributed by atoms with E-state index >= 15 is 0 Å². The van der Waals surface area contributed by atoms with E-state index in [0.717, 1.165) is 24.2 Å². The molecule has 20 heavy (non-hydrogen) atoms. The van der Waals surface area contributed by atoms with Crippen molar-refractivity contribution >= 4 is 33.0 Å². The number of hydrogen-bond acceptors (Lipinski definition) is 5. The van der Waals surface area contributed by atoms with Crippen molar-refractivity contribution in [3.63, 3.8) is 0 Å². The van der Waals surface area contributed by atoms with Crippen LogP contribution in [0.4, 0.5) is 0 Å². The number of halogens is 1. The summed E-state index contributed by atoms with van der Waals surface area (Å²) in [6.45, 7) is 0.977. The molecule has 0 bridgehead atoms. The zero-order chi connectivity index (χ0) is 14.2. The molecule has 0 spiro atoms. The quantitative estimate of drug-likeness (QED) is 0.862. The van der Waals surface area contributed by atoms with E-state index in [1.807, 2.05) is 6.20 Å². The van der Waals surface area contributed by atoms with Crippen molar-refractivity contribution in [1.29, 1.82) is 0 Å². The molecule has 3 rings (SSSR count). The molecule has 3 heterocycles. The number of nitrogens with zero attached hydrogens (tertiary/aromatic N) is 4. The Labute approximate surface area is 126 Å². The van der Waals surface area contributed by atoms with E-state index in [9.17, 15) is 8.42 Å². The van der Waals surface area contributed by atoms with Crippen molar-refractivity contribution < 1.29 is 8.42 Å². The third-order valence-corrected chi connectivity index (χ3v) is 6.98. The summed E-state index contributed by atoms with van der Waals surface area (Å²) in [7, 11) is -3.41. The number of rotatable bonds is 3. The van der Waals surface area contributed by atoms with Crippen molar-refractivity contribution in [2.45, 2.75) is 23.1 Å². The lowest BCUT2D eigenvalue weighted by atomic mass is 10.1. The van der Waals surface area contributed by atoms with Crippen molar-refractivity contribution in [2.24, 2.45) is 0 Å². The van der Waals surface area contributed by atoms with Crippen LogP contribution in [0.25, 0.3) is 0 Å². The molecule has 0 aliphatic carbocycles. The molecule has 0 saturated carbocycles. The van der Waals surface area contributed by atoms with E-state index in [4.69, 9.17) is 11.6 Å². The van der Waals surface area contributed by atoms with Crippen molar-refractivity contribution in [3.8, 4) is 0 Å². The van der Waals surface area contributed by atoms with Crippen LogP contribution >= 0.6 is 22.9 Å². The third kappa shape index (κ3) is 2.60. The van der Waals surface area contributed by atoms with E-state index in [2.05, 4.69) is 10.3 Å². The van der Waals surface area contributed by atoms with E-state index in [1.165, 1.54) is 4.31 Å². The van der Waals surface area contributed by atoms with Crippen LogP contribution in [-0.2, 0) is 10.0 Å². The van der Waals surface area contributed by atoms with Gasteiger partial charge in [0.2, 0.25) is 0 Å². The van der Waals surface area contributed by atoms with Gasteiger partial charge in [-0.05, 0) is 25.0 Å². The van der Waals surface area contributed by atoms with Gasteiger partial charge in [-0.1, -0.05) is 16.8 Å². The maximum atomic E-state index is 12.4. The van der Waals surface area contributed by atoms with Gasteiger partial charge in [-0.15, -0.1) is 16.4 Å². The van der Waals surface area contributed by atoms with Crippen LogP contribution in [0.3, 0.4) is 0 Å². The first-order valence-corrected chi connectivity index (χ1v) is 8.82. The Morgan fingerprint density at radius 1 is 1.30 bits per heavy atom. The molecular weight excluding hydrogens is 320 g/mol. The van der Waals surface area contributed by atoms with Gasteiger partial charge in [-0.3, -0.25) is 0 Å². The van der Waals surface area contributed by atoms with Gasteiger partial charge in [0.05, 0.1) is 16.6 Å². The number of sulfonamides is 1. The van der Waals surface area contributed by atoms with Crippen molar-refractivity contribution in [3.05, 3.63) is 28.9 Å². The fourth-order valence-electron chi connectivity index (χ4n) is 2.32. The molecule has 0 radical (unpaired) electrons. The second-order valence-electron chi connectivity index (χ2n) is 4.58. The second-order valence-corrected chi connectivity index (χ2v) is 8.46. The fraction of sp³-hybridized carbons (Fsp3) is 0.455. The Morgan fingerprint density at radius 2 is 2.05 bits per heavy atom. The molecule has 1 fully saturated rings. The molecule has 0 unspecified atom stereocenters. The van der Waals surface area contributed by atoms with Crippen LogP contribution in [0.5, 0.6) is 0 Å². The van der Waals surface area contributed by atoms with E-state index in [-0.39, 0.29) is 6.04 Å². The Bertz CT molecular complexity index is 675. The van der Waals surface area contributed by atoms with E-state index in [0.29, 0.717) is 21.6 Å². The minimum Gasteiger partial charge on any atom is -0.249 e. The molecular formula is C11H13ClN4O2S2. The highest BCUT2D eigenvalue weighted by Crippen LogP contribution is 2.31. The van der Waals surface area contributed by atoms with E-state index < -0.39 is 10.0 Å². The summed E-state index contributed by atoms with van der Waals surface area (Å²) >= 11 is 6.91. The molecule has 2 aromatic rings. The predicted molar refractivity (Wildman–Crippen MR) is 76.4 cm³/mol. The van der Waals surface area contributed by atoms with Crippen LogP contribution in [-0.4, -0.2) is 40.8 Å². The van der Waals surface area contributed by atoms with Gasteiger partial charge in [0.15, 0.2) is 0 Å². The smallest absolute Gasteiger partial charge is 0.249 e. The summed E-state index contributed by atoms with van der Waals surface area (Å²) in [5.74, 6) is 0. The maximum Gasteiger partial charge on any atom is 0.252 e. The molecule has 0 aromatic carbocycles. The molecule has 0 amide bonds. The zero-order valence-corrected chi connectivity index (χ0v) is 12.9. The summed E-state index contributed by atoms with van der Waals surface area (Å²) < 4.78 is 29.0. The zero-order valence-electron chi connectivity index (χ0n) is 10.5. The fourth-order valence-corrected chi connectivity index (χ4v) is 5.43. The monoisotopic (exact) mass is 332 g/mol. The van der Waals surface area contributed by atoms with Gasteiger partial charge in [-0.25, -0.2) is 13.1 Å². The number of aromatic nitrogens is 3. The topological polar surface area (TPSA) is 68.1 Å². The number of piperidine rings is 1. The SMILES string of the molecule is O=S(=O)(c1ccc(Cl)s1)N1CCC(n2ccnn2)CC1. The van der Waals surface area contributed by atoms with Gasteiger partial charge < -0.3 is 0 Å². The van der Waals surface area contributed by atoms with Crippen molar-refractivity contribution in [1.82, 2.24) is 19.3 Å². The Morgan fingerprint density at radius 3 is 2.60 bits per heavy atom. The second kappa shape index (κ2) is 5.44. The first-order valence-electron chi connectivity index (χ1n) is 6.18. The van der Waals surface area contributed by atoms with Crippen LogP contribution in [0.1, 0.15) is 18.9 Å². The van der Waals surface area contributed by atoms with Gasteiger partial charge in [0, 0.05) is 19.3 Å². The average Bonchev–Trinajstić information content (AvgIpc) is 3.10. The number of thiophene rings is 1. The molecule has 108 valence electrons. The standard InChI is InChI=1S/C11H13ClN4O2S2/c12-10-1-2-11(19-10)20(17,18)15-6-3-9(4-7-15)16-8-5-13-14-16/h1-2,5,8-9H,3-4,6-7H2. The van der Waals surface area contributed by atoms with Gasteiger partial charge >= 0.3 is 0 Å². The third-order valence-electron chi connectivity index (χ3n) is 3.38. The van der Waals surface area contributed by atoms with Gasteiger partial charge in [0.25, 0.3) is 10.0 Å². The minimum atomic E-state index is -3.41. The summed E-state index contributed by atoms with van der Waals surface area (Å²) in [6.07, 6.45) is 4.92. The molecule has 0 N–H and O–H groups in total. The molecule has 2 aromatic heterocycles. The first-order chi connectivity index (χ1) is 9.57. The normalized spacial score (nSPS) is 18.4. The van der Waals surface area contributed by atoms with E-state index in [1.54, 1.807) is 23.0 Å². The summed E-state index contributed by atoms with van der Waals surface area (Å²) in [5, 5.41) is 7.76. The summed E-state index contributed by atoms with van der Waals surface area (Å²) in [4.78, 5) is 0. The van der Waals surface area contributed by atoms with Gasteiger partial charge in [-0.2, -0.15) is 4.31 Å². The van der Waals surface area contributed by atoms with Gasteiger partial charge in [0.1, 0.15) is 4.21 Å². The van der Waals surface area contributed by atoms with Crippen LogP contribution in [0, 0.1) is 0 Å². The largest absolute Gasteiger partial charge is 0.252 e. The highest BCUT2D eigenvalue weighted by atomic mass is 35.5. The molecule has 6 nitrogen and oxygen atoms in total. The Kier molecular flexibility index (Phi) is 3.80. The predicted octanol–water partition coefficient (Wildman–Crippen LogP) is 2.02. The lowest BCUT2D eigenvalue weighted by molar-refractivity contribution is 0.259. The molecule has 1 aliphatic rings. The molecule has 9 heteroatoms. The lowest BCUT2D eigenvalue weighted by Gasteiger charge is -2.30. The minimum absolute atomic E-state index is 0.218. The molecule has 1 aliphatic heterocycles. The lowest BCUT2D eigenvalue weighted by Crippen LogP contribution is -2.38. The van der Waals surface area contributed by atoms with Crippen LogP contribution in [0.2, 0.25) is 4.34 Å². The molecule has 1 saturated heterocycles. The maximum absolute atomic E-state index is 12.4. The Hall–Kier alpha value is -0.960. The highest BCUT2D eigenvalue weighted by Gasteiger charge is 2.31. The Balaban J connectivity index is 1.72. The average molecular weight is 333 g/mol. The van der Waals surface area contributed by atoms with Crippen molar-refractivity contribution in [2.75, 3.05) is 13.1 Å².